The summed E-state index contributed by atoms with van der Waals surface area (Å²) in [6.45, 7) is 2.22. The Morgan fingerprint density at radius 2 is 1.71 bits per heavy atom. The summed E-state index contributed by atoms with van der Waals surface area (Å²) in [6, 6.07) is 0.295. The van der Waals surface area contributed by atoms with Gasteiger partial charge in [-0.2, -0.15) is 0 Å². The first-order valence-corrected chi connectivity index (χ1v) is 15.0. The number of ketones is 4. The average Bonchev–Trinajstić information content (AvgIpc) is 2.88. The van der Waals surface area contributed by atoms with Gasteiger partial charge in [0, 0.05) is 37.3 Å². The predicted octanol–water partition coefficient (Wildman–Crippen LogP) is 1.31. The number of phenolic OH excluding ortho intramolecular Hbond substituents is 1. The van der Waals surface area contributed by atoms with Crippen LogP contribution in [0, 0.1) is 22.7 Å². The van der Waals surface area contributed by atoms with Crippen molar-refractivity contribution in [2.75, 3.05) is 39.7 Å². The molecule has 1 aromatic rings. The number of carbonyl (C=O) groups excluding carboxylic acids is 6. The van der Waals surface area contributed by atoms with Gasteiger partial charge in [-0.1, -0.05) is 48.7 Å². The first-order chi connectivity index (χ1) is 20.5. The number of aliphatic hydroxyl groups is 1. The number of Topliss-reactive ketones (excluding diaryl/α,β-unsaturated/α-hetero) is 4. The van der Waals surface area contributed by atoms with E-state index in [-0.39, 0.29) is 30.5 Å². The molecule has 0 radical (unpaired) electrons. The predicted molar refractivity (Wildman–Crippen MR) is 163 cm³/mol. The molecule has 0 aromatic heterocycles. The van der Waals surface area contributed by atoms with Crippen LogP contribution in [0.2, 0.25) is 0 Å². The minimum absolute atomic E-state index is 0.0397. The van der Waals surface area contributed by atoms with E-state index in [9.17, 15) is 39.0 Å². The number of phenols is 1. The molecule has 2 saturated carbocycles. The first-order valence-electron chi connectivity index (χ1n) is 13.9. The van der Waals surface area contributed by atoms with Crippen molar-refractivity contribution in [2.45, 2.75) is 48.7 Å². The molecule has 45 heavy (non-hydrogen) atoms. The molecule has 2 amide bonds. The van der Waals surface area contributed by atoms with Crippen molar-refractivity contribution in [3.8, 4) is 5.75 Å². The van der Waals surface area contributed by atoms with E-state index in [1.165, 1.54) is 25.9 Å². The maximum absolute atomic E-state index is 14.4. The van der Waals surface area contributed by atoms with Gasteiger partial charge < -0.3 is 30.9 Å². The summed E-state index contributed by atoms with van der Waals surface area (Å²) in [5.74, 6) is -9.79. The number of rotatable bonds is 6. The van der Waals surface area contributed by atoms with Crippen LogP contribution < -0.4 is 16.0 Å². The fourth-order valence-electron chi connectivity index (χ4n) is 7.72. The van der Waals surface area contributed by atoms with Crippen LogP contribution in [0.4, 0.5) is 10.5 Å². The van der Waals surface area contributed by atoms with E-state index in [1.807, 2.05) is 0 Å². The molecule has 3 aliphatic carbocycles. The number of amides is 2. The second-order valence-electron chi connectivity index (χ2n) is 13.0. The standard InChI is InChI=1S/C29H35Cl3N4O9/c1-26-8-13-14(35(3)4)7-12(9-34-25(43)45-11-28(30,31)32)18(37)15(13)19(38)17(26)23(41)29(44)22(40)16(24(33)42)20(39)21(36(5)6)27(29,2)10-26/h7,16-17,21,37,44H,8-11H2,1-6H3,(H2,33,42)(H,34,43)/t16?,17?,21-,26+,27+,29-/m1/s1. The van der Waals surface area contributed by atoms with Crippen LogP contribution in [0.25, 0.3) is 0 Å². The number of likely N-dealkylation sites (N-methyl/N-ethyl adjacent to an activating group) is 1. The zero-order chi connectivity index (χ0) is 34.2. The molecule has 5 N–H and O–H groups in total. The highest BCUT2D eigenvalue weighted by atomic mass is 35.6. The lowest BCUT2D eigenvalue weighted by molar-refractivity contribution is -0.203. The number of carbonyl (C=O) groups is 6. The van der Waals surface area contributed by atoms with E-state index < -0.39 is 85.6 Å². The molecule has 246 valence electrons. The fourth-order valence-corrected chi connectivity index (χ4v) is 7.88. The van der Waals surface area contributed by atoms with Gasteiger partial charge in [-0.3, -0.25) is 28.9 Å². The van der Waals surface area contributed by atoms with E-state index in [0.29, 0.717) is 11.3 Å². The number of nitrogens with two attached hydrogens (primary N) is 1. The summed E-state index contributed by atoms with van der Waals surface area (Å²) in [4.78, 5) is 83.6. The summed E-state index contributed by atoms with van der Waals surface area (Å²) in [7, 11) is 6.45. The van der Waals surface area contributed by atoms with E-state index in [4.69, 9.17) is 45.3 Å². The molecule has 4 rings (SSSR count). The molecule has 0 saturated heterocycles. The van der Waals surface area contributed by atoms with Crippen LogP contribution >= 0.6 is 34.8 Å². The number of benzene rings is 1. The quantitative estimate of drug-likeness (QED) is 0.248. The Labute approximate surface area is 274 Å². The van der Waals surface area contributed by atoms with Crippen LogP contribution in [-0.4, -0.2) is 100 Å². The van der Waals surface area contributed by atoms with Crippen molar-refractivity contribution in [3.05, 3.63) is 22.8 Å². The fraction of sp³-hybridized carbons (Fsp3) is 0.586. The molecule has 6 atom stereocenters. The third kappa shape index (κ3) is 5.36. The highest BCUT2D eigenvalue weighted by molar-refractivity contribution is 6.67. The number of halogens is 3. The van der Waals surface area contributed by atoms with Crippen molar-refractivity contribution in [2.24, 2.45) is 28.4 Å². The van der Waals surface area contributed by atoms with E-state index in [2.05, 4.69) is 5.32 Å². The van der Waals surface area contributed by atoms with Crippen molar-refractivity contribution in [1.29, 1.82) is 0 Å². The number of hydrogen-bond donors (Lipinski definition) is 4. The Morgan fingerprint density at radius 3 is 2.22 bits per heavy atom. The van der Waals surface area contributed by atoms with E-state index >= 15 is 0 Å². The maximum atomic E-state index is 14.4. The lowest BCUT2D eigenvalue weighted by Gasteiger charge is -2.61. The largest absolute Gasteiger partial charge is 0.507 e. The summed E-state index contributed by atoms with van der Waals surface area (Å²) < 4.78 is 2.99. The van der Waals surface area contributed by atoms with Crippen LogP contribution in [0.15, 0.2) is 6.07 Å². The second-order valence-corrected chi connectivity index (χ2v) is 15.5. The molecule has 2 unspecified atom stereocenters. The van der Waals surface area contributed by atoms with E-state index in [0.717, 1.165) is 0 Å². The van der Waals surface area contributed by atoms with Gasteiger partial charge in [-0.25, -0.2) is 4.79 Å². The zero-order valence-electron chi connectivity index (χ0n) is 25.5. The van der Waals surface area contributed by atoms with Gasteiger partial charge in [0.1, 0.15) is 12.4 Å². The molecule has 0 heterocycles. The number of nitrogens with zero attached hydrogens (tertiary/aromatic N) is 2. The number of alkyl carbamates (subject to hydrolysis) is 1. The Balaban J connectivity index is 1.85. The minimum atomic E-state index is -2.92. The third-order valence-electron chi connectivity index (χ3n) is 9.31. The Morgan fingerprint density at radius 1 is 1.11 bits per heavy atom. The Bertz CT molecular complexity index is 1530. The SMILES string of the molecule is CN(C)c1cc(CNC(=O)OCC(Cl)(Cl)Cl)c(O)c2c1C[C@@]1(C)C[C@@]3(C)[C@H](N(C)C)C(=O)C(C(N)=O)C(=O)[C@@]3(O)C(=O)C1C2=O. The van der Waals surface area contributed by atoms with Gasteiger partial charge >= 0.3 is 6.09 Å². The number of nitrogens with one attached hydrogen (secondary N) is 1. The molecule has 0 aliphatic heterocycles. The van der Waals surface area contributed by atoms with Crippen molar-refractivity contribution >= 4 is 75.6 Å². The van der Waals surface area contributed by atoms with Crippen LogP contribution in [0.3, 0.4) is 0 Å². The molecule has 0 bridgehead atoms. The van der Waals surface area contributed by atoms with Crippen LogP contribution in [0.1, 0.15) is 41.8 Å². The molecule has 3 aliphatic rings. The molecule has 1 aromatic carbocycles. The molecular formula is C29H35Cl3N4O9. The summed E-state index contributed by atoms with van der Waals surface area (Å²) in [6.07, 6.45) is -1.08. The van der Waals surface area contributed by atoms with Gasteiger partial charge in [0.2, 0.25) is 9.70 Å². The molecular weight excluding hydrogens is 655 g/mol. The number of ether oxygens (including phenoxy) is 1. The maximum Gasteiger partial charge on any atom is 0.407 e. The molecule has 16 heteroatoms. The average molecular weight is 690 g/mol. The highest BCUT2D eigenvalue weighted by Crippen LogP contribution is 2.62. The number of primary amides is 1. The van der Waals surface area contributed by atoms with E-state index in [1.54, 1.807) is 32.0 Å². The molecule has 0 spiro atoms. The number of alkyl halides is 3. The normalized spacial score (nSPS) is 31.2. The van der Waals surface area contributed by atoms with Crippen molar-refractivity contribution < 1.29 is 43.7 Å². The molecule has 2 fully saturated rings. The van der Waals surface area contributed by atoms with Gasteiger partial charge in [0.15, 0.2) is 34.7 Å². The Kier molecular flexibility index (Phi) is 8.82. The van der Waals surface area contributed by atoms with Crippen LogP contribution in [-0.2, 0) is 36.9 Å². The lowest BCUT2D eigenvalue weighted by atomic mass is 9.42. The smallest absolute Gasteiger partial charge is 0.407 e. The highest BCUT2D eigenvalue weighted by Gasteiger charge is 2.76. The van der Waals surface area contributed by atoms with Gasteiger partial charge in [0.05, 0.1) is 17.5 Å². The number of fused-ring (bicyclic) bond motifs is 3. The van der Waals surface area contributed by atoms with Gasteiger partial charge in [0.25, 0.3) is 0 Å². The summed E-state index contributed by atoms with van der Waals surface area (Å²) >= 11 is 16.8. The Hall–Kier alpha value is -2.97. The third-order valence-corrected chi connectivity index (χ3v) is 9.64. The second kappa shape index (κ2) is 11.4. The molecule has 13 nitrogen and oxygen atoms in total. The lowest BCUT2D eigenvalue weighted by Crippen LogP contribution is -2.79. The monoisotopic (exact) mass is 688 g/mol. The van der Waals surface area contributed by atoms with Gasteiger partial charge in [-0.05, 0) is 44.0 Å². The number of anilines is 1. The first kappa shape index (κ1) is 34.9. The minimum Gasteiger partial charge on any atom is -0.507 e. The summed E-state index contributed by atoms with van der Waals surface area (Å²) in [5.41, 5.74) is 0.294. The number of aromatic hydroxyl groups is 1. The van der Waals surface area contributed by atoms with Crippen LogP contribution in [0.5, 0.6) is 5.75 Å². The van der Waals surface area contributed by atoms with Crippen molar-refractivity contribution in [3.63, 3.8) is 0 Å². The van der Waals surface area contributed by atoms with Gasteiger partial charge in [-0.15, -0.1) is 0 Å². The zero-order valence-corrected chi connectivity index (χ0v) is 27.8. The topological polar surface area (TPSA) is 197 Å². The summed E-state index contributed by atoms with van der Waals surface area (Å²) in [5, 5.41) is 25.8. The van der Waals surface area contributed by atoms with Crippen molar-refractivity contribution in [1.82, 2.24) is 10.2 Å². The number of hydrogen-bond acceptors (Lipinski definition) is 11.